The molecular formula is C11H13N3O2S. The summed E-state index contributed by atoms with van der Waals surface area (Å²) >= 11 is 1.37. The van der Waals surface area contributed by atoms with Gasteiger partial charge < -0.3 is 10.1 Å². The van der Waals surface area contributed by atoms with E-state index in [1.807, 2.05) is 12.3 Å². The van der Waals surface area contributed by atoms with Gasteiger partial charge in [0.2, 0.25) is 5.91 Å². The molecule has 1 fully saturated rings. The second-order valence-corrected chi connectivity index (χ2v) is 4.91. The van der Waals surface area contributed by atoms with Crippen molar-refractivity contribution in [2.24, 2.45) is 5.41 Å². The first kappa shape index (κ1) is 12.0. The van der Waals surface area contributed by atoms with Crippen LogP contribution in [0.3, 0.4) is 0 Å². The third-order valence-electron chi connectivity index (χ3n) is 2.83. The highest BCUT2D eigenvalue weighted by Gasteiger charge is 2.40. The fourth-order valence-electron chi connectivity index (χ4n) is 1.74. The van der Waals surface area contributed by atoms with Gasteiger partial charge in [0.15, 0.2) is 5.13 Å². The molecule has 1 aromatic heterocycles. The van der Waals surface area contributed by atoms with Crippen molar-refractivity contribution in [3.05, 3.63) is 11.1 Å². The van der Waals surface area contributed by atoms with Crippen LogP contribution in [0.4, 0.5) is 5.13 Å². The zero-order valence-electron chi connectivity index (χ0n) is 9.52. The van der Waals surface area contributed by atoms with Gasteiger partial charge in [-0.2, -0.15) is 5.26 Å². The number of carbonyl (C=O) groups excluding carboxylic acids is 1. The Labute approximate surface area is 103 Å². The van der Waals surface area contributed by atoms with Gasteiger partial charge in [-0.3, -0.25) is 4.79 Å². The third-order valence-corrected chi connectivity index (χ3v) is 3.71. The molecule has 1 aromatic rings. The molecule has 1 aliphatic heterocycles. The molecule has 0 aromatic carbocycles. The number of thiazole rings is 1. The predicted molar refractivity (Wildman–Crippen MR) is 63.6 cm³/mol. The standard InChI is InChI=1S/C11H13N3O2S/c1-8-6-17-10(13-8)14-9(15)11(7-12)2-4-16-5-3-11/h6H,2-5H2,1H3,(H,13,14,15). The Morgan fingerprint density at radius 3 is 2.88 bits per heavy atom. The lowest BCUT2D eigenvalue weighted by Crippen LogP contribution is -2.39. The SMILES string of the molecule is Cc1csc(NC(=O)C2(C#N)CCOCC2)n1. The van der Waals surface area contributed by atoms with Crippen LogP contribution in [-0.2, 0) is 9.53 Å². The van der Waals surface area contributed by atoms with Crippen LogP contribution in [0.15, 0.2) is 5.38 Å². The zero-order chi connectivity index (χ0) is 12.3. The lowest BCUT2D eigenvalue weighted by molar-refractivity contribution is -0.126. The lowest BCUT2D eigenvalue weighted by Gasteiger charge is -2.28. The molecule has 90 valence electrons. The van der Waals surface area contributed by atoms with E-state index in [2.05, 4.69) is 16.4 Å². The van der Waals surface area contributed by atoms with Crippen molar-refractivity contribution < 1.29 is 9.53 Å². The fourth-order valence-corrected chi connectivity index (χ4v) is 2.42. The molecule has 0 radical (unpaired) electrons. The Kier molecular flexibility index (Phi) is 3.41. The highest BCUT2D eigenvalue weighted by atomic mass is 32.1. The molecule has 0 spiro atoms. The number of hydrogen-bond donors (Lipinski definition) is 1. The van der Waals surface area contributed by atoms with Crippen molar-refractivity contribution >= 4 is 22.4 Å². The van der Waals surface area contributed by atoms with Gasteiger partial charge in [0.1, 0.15) is 5.41 Å². The number of aryl methyl sites for hydroxylation is 1. The van der Waals surface area contributed by atoms with E-state index in [1.165, 1.54) is 11.3 Å². The molecule has 0 saturated carbocycles. The van der Waals surface area contributed by atoms with Gasteiger partial charge in [-0.25, -0.2) is 4.98 Å². The Balaban J connectivity index is 2.10. The minimum absolute atomic E-state index is 0.266. The molecule has 1 N–H and O–H groups in total. The summed E-state index contributed by atoms with van der Waals surface area (Å²) in [6, 6.07) is 2.13. The highest BCUT2D eigenvalue weighted by molar-refractivity contribution is 7.13. The van der Waals surface area contributed by atoms with Crippen LogP contribution in [0.1, 0.15) is 18.5 Å². The molecule has 1 amide bonds. The van der Waals surface area contributed by atoms with Crippen LogP contribution < -0.4 is 5.32 Å². The van der Waals surface area contributed by atoms with Crippen LogP contribution in [0.2, 0.25) is 0 Å². The Bertz CT molecular complexity index is 458. The molecule has 0 aliphatic carbocycles. The molecule has 0 unspecified atom stereocenters. The summed E-state index contributed by atoms with van der Waals surface area (Å²) in [4.78, 5) is 16.3. The van der Waals surface area contributed by atoms with Crippen LogP contribution >= 0.6 is 11.3 Å². The van der Waals surface area contributed by atoms with Crippen molar-refractivity contribution in [1.82, 2.24) is 4.98 Å². The Morgan fingerprint density at radius 1 is 1.65 bits per heavy atom. The summed E-state index contributed by atoms with van der Waals surface area (Å²) in [7, 11) is 0. The van der Waals surface area contributed by atoms with Crippen LogP contribution in [0.5, 0.6) is 0 Å². The molecule has 2 rings (SSSR count). The number of nitrogens with one attached hydrogen (secondary N) is 1. The molecule has 0 atom stereocenters. The molecule has 6 heteroatoms. The van der Waals surface area contributed by atoms with Gasteiger partial charge in [0, 0.05) is 18.6 Å². The number of anilines is 1. The van der Waals surface area contributed by atoms with E-state index in [0.717, 1.165) is 5.69 Å². The average molecular weight is 251 g/mol. The van der Waals surface area contributed by atoms with Crippen molar-refractivity contribution in [3.63, 3.8) is 0 Å². The molecule has 1 saturated heterocycles. The van der Waals surface area contributed by atoms with Gasteiger partial charge in [-0.05, 0) is 19.8 Å². The lowest BCUT2D eigenvalue weighted by atomic mass is 9.81. The average Bonchev–Trinajstić information content (AvgIpc) is 2.75. The number of carbonyl (C=O) groups is 1. The van der Waals surface area contributed by atoms with E-state index in [-0.39, 0.29) is 5.91 Å². The van der Waals surface area contributed by atoms with Crippen LogP contribution in [0, 0.1) is 23.7 Å². The normalized spacial score (nSPS) is 18.4. The van der Waals surface area contributed by atoms with Gasteiger partial charge in [0.05, 0.1) is 11.8 Å². The quantitative estimate of drug-likeness (QED) is 0.868. The number of hydrogen-bond acceptors (Lipinski definition) is 5. The van der Waals surface area contributed by atoms with Gasteiger partial charge in [0.25, 0.3) is 0 Å². The Morgan fingerprint density at radius 2 is 2.35 bits per heavy atom. The summed E-state index contributed by atoms with van der Waals surface area (Å²) < 4.78 is 5.19. The molecule has 2 heterocycles. The van der Waals surface area contributed by atoms with Crippen molar-refractivity contribution in [2.45, 2.75) is 19.8 Å². The van der Waals surface area contributed by atoms with E-state index in [0.29, 0.717) is 31.2 Å². The van der Waals surface area contributed by atoms with Crippen LogP contribution in [0.25, 0.3) is 0 Å². The van der Waals surface area contributed by atoms with E-state index in [1.54, 1.807) is 0 Å². The molecule has 17 heavy (non-hydrogen) atoms. The number of nitriles is 1. The fraction of sp³-hybridized carbons (Fsp3) is 0.545. The number of nitrogens with zero attached hydrogens (tertiary/aromatic N) is 2. The topological polar surface area (TPSA) is 75.0 Å². The smallest absolute Gasteiger partial charge is 0.246 e. The first-order valence-electron chi connectivity index (χ1n) is 5.39. The van der Waals surface area contributed by atoms with E-state index >= 15 is 0 Å². The molecule has 0 bridgehead atoms. The summed E-state index contributed by atoms with van der Waals surface area (Å²) in [6.07, 6.45) is 0.888. The molecule has 5 nitrogen and oxygen atoms in total. The predicted octanol–water partition coefficient (Wildman–Crippen LogP) is 1.71. The maximum absolute atomic E-state index is 12.1. The van der Waals surface area contributed by atoms with E-state index in [9.17, 15) is 10.1 Å². The molecule has 1 aliphatic rings. The minimum atomic E-state index is -0.960. The largest absolute Gasteiger partial charge is 0.381 e. The number of aromatic nitrogens is 1. The maximum atomic E-state index is 12.1. The summed E-state index contributed by atoms with van der Waals surface area (Å²) in [6.45, 7) is 2.77. The first-order chi connectivity index (χ1) is 8.16. The maximum Gasteiger partial charge on any atom is 0.246 e. The minimum Gasteiger partial charge on any atom is -0.381 e. The Hall–Kier alpha value is -1.45. The van der Waals surface area contributed by atoms with Crippen molar-refractivity contribution in [3.8, 4) is 6.07 Å². The number of rotatable bonds is 2. The second kappa shape index (κ2) is 4.82. The number of amides is 1. The summed E-state index contributed by atoms with van der Waals surface area (Å²) in [5, 5.41) is 14.3. The molecular weight excluding hydrogens is 238 g/mol. The summed E-state index contributed by atoms with van der Waals surface area (Å²) in [5.41, 5.74) is -0.0963. The third kappa shape index (κ3) is 2.46. The van der Waals surface area contributed by atoms with Gasteiger partial charge in [-0.15, -0.1) is 11.3 Å². The van der Waals surface area contributed by atoms with Crippen LogP contribution in [-0.4, -0.2) is 24.1 Å². The number of ether oxygens (including phenoxy) is 1. The van der Waals surface area contributed by atoms with E-state index < -0.39 is 5.41 Å². The first-order valence-corrected chi connectivity index (χ1v) is 6.27. The second-order valence-electron chi connectivity index (χ2n) is 4.05. The van der Waals surface area contributed by atoms with Gasteiger partial charge >= 0.3 is 0 Å². The van der Waals surface area contributed by atoms with Crippen molar-refractivity contribution in [1.29, 1.82) is 5.26 Å². The highest BCUT2D eigenvalue weighted by Crippen LogP contribution is 2.31. The van der Waals surface area contributed by atoms with Gasteiger partial charge in [-0.1, -0.05) is 0 Å². The zero-order valence-corrected chi connectivity index (χ0v) is 10.3. The van der Waals surface area contributed by atoms with E-state index in [4.69, 9.17) is 4.74 Å². The summed E-state index contributed by atoms with van der Waals surface area (Å²) in [5.74, 6) is -0.266. The monoisotopic (exact) mass is 251 g/mol. The van der Waals surface area contributed by atoms with Crippen molar-refractivity contribution in [2.75, 3.05) is 18.5 Å².